The van der Waals surface area contributed by atoms with Crippen molar-refractivity contribution in [1.82, 2.24) is 9.97 Å². The molecule has 2 aromatic rings. The van der Waals surface area contributed by atoms with E-state index in [1.54, 1.807) is 21.0 Å². The summed E-state index contributed by atoms with van der Waals surface area (Å²) in [4.78, 5) is 31.9. The van der Waals surface area contributed by atoms with Crippen LogP contribution in [0.5, 0.6) is 11.6 Å². The molecule has 0 saturated heterocycles. The number of rotatable bonds is 10. The number of ether oxygens (including phenoxy) is 4. The van der Waals surface area contributed by atoms with E-state index in [-0.39, 0.29) is 37.2 Å². The van der Waals surface area contributed by atoms with E-state index in [9.17, 15) is 9.59 Å². The highest BCUT2D eigenvalue weighted by molar-refractivity contribution is 5.91. The Balaban J connectivity index is 2.11. The molecule has 1 aromatic carbocycles. The summed E-state index contributed by atoms with van der Waals surface area (Å²) in [6.07, 6.45) is 1.29. The average Bonchev–Trinajstić information content (AvgIpc) is 2.71. The first-order valence-electron chi connectivity index (χ1n) is 8.76. The average molecular weight is 389 g/mol. The quantitative estimate of drug-likeness (QED) is 0.612. The third-order valence-corrected chi connectivity index (χ3v) is 3.49. The molecule has 150 valence electrons. The lowest BCUT2D eigenvalue weighted by molar-refractivity contribution is -0.145. The molecule has 0 aliphatic carbocycles. The van der Waals surface area contributed by atoms with Crippen LogP contribution in [-0.2, 0) is 20.8 Å². The van der Waals surface area contributed by atoms with Gasteiger partial charge in [0.1, 0.15) is 11.3 Å². The van der Waals surface area contributed by atoms with Gasteiger partial charge in [0.05, 0.1) is 26.5 Å². The van der Waals surface area contributed by atoms with Crippen LogP contribution in [0.3, 0.4) is 0 Å². The van der Waals surface area contributed by atoms with Gasteiger partial charge in [0.15, 0.2) is 6.61 Å². The smallest absolute Gasteiger partial charge is 0.345 e. The summed E-state index contributed by atoms with van der Waals surface area (Å²) in [5.74, 6) is -0.262. The summed E-state index contributed by atoms with van der Waals surface area (Å²) >= 11 is 0. The van der Waals surface area contributed by atoms with Gasteiger partial charge in [0, 0.05) is 6.54 Å². The number of hydrogen-bond donors (Lipinski definition) is 1. The van der Waals surface area contributed by atoms with Gasteiger partial charge in [-0.3, -0.25) is 0 Å². The van der Waals surface area contributed by atoms with Gasteiger partial charge in [0.25, 0.3) is 0 Å². The third kappa shape index (κ3) is 6.11. The lowest BCUT2D eigenvalue weighted by Gasteiger charge is -2.11. The van der Waals surface area contributed by atoms with E-state index >= 15 is 0 Å². The molecule has 2 rings (SSSR count). The molecule has 1 N–H and O–H groups in total. The van der Waals surface area contributed by atoms with Gasteiger partial charge in [-0.25, -0.2) is 14.6 Å². The summed E-state index contributed by atoms with van der Waals surface area (Å²) < 4.78 is 20.3. The lowest BCUT2D eigenvalue weighted by Crippen LogP contribution is -2.18. The van der Waals surface area contributed by atoms with Crippen LogP contribution in [0, 0.1) is 0 Å². The summed E-state index contributed by atoms with van der Waals surface area (Å²) in [5, 5.41) is 3.04. The van der Waals surface area contributed by atoms with Crippen LogP contribution in [0.25, 0.3) is 0 Å². The number of nitrogens with zero attached hydrogens (tertiary/aromatic N) is 2. The van der Waals surface area contributed by atoms with Gasteiger partial charge < -0.3 is 24.3 Å². The number of methoxy groups -OCH3 is 1. The molecule has 0 atom stereocenters. The number of carbonyl (C=O) groups is 2. The zero-order chi connectivity index (χ0) is 20.4. The number of nitrogens with one attached hydrogen (secondary N) is 1. The second kappa shape index (κ2) is 10.7. The number of anilines is 1. The van der Waals surface area contributed by atoms with Crippen molar-refractivity contribution in [1.29, 1.82) is 0 Å². The molecule has 0 bridgehead atoms. The molecule has 0 spiro atoms. The van der Waals surface area contributed by atoms with Crippen LogP contribution in [0.15, 0.2) is 30.5 Å². The largest absolute Gasteiger partial charge is 0.497 e. The Kier molecular flexibility index (Phi) is 8.01. The van der Waals surface area contributed by atoms with Crippen molar-refractivity contribution < 1.29 is 28.5 Å². The maximum absolute atomic E-state index is 12.1. The fourth-order valence-electron chi connectivity index (χ4n) is 2.16. The summed E-state index contributed by atoms with van der Waals surface area (Å²) in [6, 6.07) is 7.49. The Morgan fingerprint density at radius 3 is 2.43 bits per heavy atom. The van der Waals surface area contributed by atoms with Gasteiger partial charge in [-0.2, -0.15) is 4.98 Å². The summed E-state index contributed by atoms with van der Waals surface area (Å²) in [6.45, 7) is 3.85. The van der Waals surface area contributed by atoms with Crippen molar-refractivity contribution in [2.45, 2.75) is 20.4 Å². The monoisotopic (exact) mass is 389 g/mol. The zero-order valence-corrected chi connectivity index (χ0v) is 16.1. The van der Waals surface area contributed by atoms with Crippen molar-refractivity contribution in [2.24, 2.45) is 0 Å². The fourth-order valence-corrected chi connectivity index (χ4v) is 2.16. The Morgan fingerprint density at radius 2 is 1.79 bits per heavy atom. The molecule has 0 saturated carbocycles. The van der Waals surface area contributed by atoms with E-state index in [4.69, 9.17) is 18.9 Å². The first-order valence-corrected chi connectivity index (χ1v) is 8.76. The predicted octanol–water partition coefficient (Wildman–Crippen LogP) is 2.22. The van der Waals surface area contributed by atoms with E-state index in [0.717, 1.165) is 11.3 Å². The highest BCUT2D eigenvalue weighted by atomic mass is 16.6. The molecule has 1 aromatic heterocycles. The standard InChI is InChI=1S/C19H23N3O6/c1-4-26-16(23)12-28-17-15(18(24)27-5-2)11-21-19(22-17)20-10-13-6-8-14(25-3)9-7-13/h6-9,11H,4-5,10,12H2,1-3H3,(H,20,21,22). The zero-order valence-electron chi connectivity index (χ0n) is 16.1. The highest BCUT2D eigenvalue weighted by Gasteiger charge is 2.18. The van der Waals surface area contributed by atoms with Crippen LogP contribution >= 0.6 is 0 Å². The number of hydrogen-bond acceptors (Lipinski definition) is 9. The van der Waals surface area contributed by atoms with Crippen LogP contribution in [0.4, 0.5) is 5.95 Å². The maximum Gasteiger partial charge on any atom is 0.345 e. The number of carbonyl (C=O) groups excluding carboxylic acids is 2. The molecule has 0 radical (unpaired) electrons. The van der Waals surface area contributed by atoms with Crippen LogP contribution < -0.4 is 14.8 Å². The van der Waals surface area contributed by atoms with Crippen molar-refractivity contribution in [2.75, 3.05) is 32.2 Å². The molecule has 28 heavy (non-hydrogen) atoms. The minimum absolute atomic E-state index is 0.0288. The molecule has 1 heterocycles. The van der Waals surface area contributed by atoms with Gasteiger partial charge in [-0.05, 0) is 31.5 Å². The van der Waals surface area contributed by atoms with Gasteiger partial charge in [0.2, 0.25) is 11.8 Å². The van der Waals surface area contributed by atoms with Gasteiger partial charge in [-0.15, -0.1) is 0 Å². The topological polar surface area (TPSA) is 109 Å². The number of benzene rings is 1. The molecule has 0 amide bonds. The maximum atomic E-state index is 12.1. The SMILES string of the molecule is CCOC(=O)COc1nc(NCc2ccc(OC)cc2)ncc1C(=O)OCC. The van der Waals surface area contributed by atoms with Crippen molar-refractivity contribution in [3.05, 3.63) is 41.6 Å². The van der Waals surface area contributed by atoms with Gasteiger partial charge in [-0.1, -0.05) is 12.1 Å². The molecular weight excluding hydrogens is 366 g/mol. The van der Waals surface area contributed by atoms with E-state index in [0.29, 0.717) is 6.54 Å². The van der Waals surface area contributed by atoms with Crippen molar-refractivity contribution in [3.63, 3.8) is 0 Å². The van der Waals surface area contributed by atoms with E-state index in [1.807, 2.05) is 24.3 Å². The van der Waals surface area contributed by atoms with E-state index in [1.165, 1.54) is 6.20 Å². The fraction of sp³-hybridized carbons (Fsp3) is 0.368. The van der Waals surface area contributed by atoms with Crippen LogP contribution in [-0.4, -0.2) is 48.8 Å². The van der Waals surface area contributed by atoms with E-state index < -0.39 is 11.9 Å². The Hall–Kier alpha value is -3.36. The van der Waals surface area contributed by atoms with Crippen LogP contribution in [0.2, 0.25) is 0 Å². The number of esters is 2. The summed E-state index contributed by atoms with van der Waals surface area (Å²) in [7, 11) is 1.60. The van der Waals surface area contributed by atoms with E-state index in [2.05, 4.69) is 15.3 Å². The second-order valence-electron chi connectivity index (χ2n) is 5.43. The first kappa shape index (κ1) is 20.9. The molecule has 9 nitrogen and oxygen atoms in total. The Bertz CT molecular complexity index is 795. The minimum atomic E-state index is -0.636. The summed E-state index contributed by atoms with van der Waals surface area (Å²) in [5.41, 5.74) is 1.01. The Morgan fingerprint density at radius 1 is 1.07 bits per heavy atom. The normalized spacial score (nSPS) is 10.1. The van der Waals surface area contributed by atoms with Crippen molar-refractivity contribution >= 4 is 17.9 Å². The number of aromatic nitrogens is 2. The molecule has 0 aliphatic rings. The molecule has 0 unspecified atom stereocenters. The van der Waals surface area contributed by atoms with Crippen molar-refractivity contribution in [3.8, 4) is 11.6 Å². The molecule has 0 fully saturated rings. The molecule has 9 heteroatoms. The minimum Gasteiger partial charge on any atom is -0.497 e. The lowest BCUT2D eigenvalue weighted by atomic mass is 10.2. The Labute approximate surface area is 163 Å². The predicted molar refractivity (Wildman–Crippen MR) is 100 cm³/mol. The highest BCUT2D eigenvalue weighted by Crippen LogP contribution is 2.19. The van der Waals surface area contributed by atoms with Gasteiger partial charge >= 0.3 is 11.9 Å². The van der Waals surface area contributed by atoms with Crippen LogP contribution in [0.1, 0.15) is 29.8 Å². The first-order chi connectivity index (χ1) is 13.6. The third-order valence-electron chi connectivity index (χ3n) is 3.49. The molecular formula is C19H23N3O6. The second-order valence-corrected chi connectivity index (χ2v) is 5.43. The molecule has 0 aliphatic heterocycles.